The SMILES string of the molecule is N#Cc1cccc(CN2Cc3ccnn3CC(COCC3CC3)C2)c1.O=C(O)C(F)(F)F. The molecule has 1 aliphatic carbocycles. The summed E-state index contributed by atoms with van der Waals surface area (Å²) in [4.78, 5) is 11.3. The maximum Gasteiger partial charge on any atom is 0.490 e. The van der Waals surface area contributed by atoms with Crippen LogP contribution >= 0.6 is 0 Å². The van der Waals surface area contributed by atoms with Crippen molar-refractivity contribution in [3.63, 3.8) is 0 Å². The summed E-state index contributed by atoms with van der Waals surface area (Å²) in [5.74, 6) is -1.51. The van der Waals surface area contributed by atoms with Crippen molar-refractivity contribution in [2.75, 3.05) is 19.8 Å². The van der Waals surface area contributed by atoms with Gasteiger partial charge in [0, 0.05) is 44.9 Å². The molecule has 0 saturated heterocycles. The predicted octanol–water partition coefficient (Wildman–Crippen LogP) is 3.45. The molecule has 1 aliphatic heterocycles. The number of rotatable bonds is 6. The monoisotopic (exact) mass is 450 g/mol. The highest BCUT2D eigenvalue weighted by Gasteiger charge is 2.38. The fourth-order valence-electron chi connectivity index (χ4n) is 3.53. The Bertz CT molecular complexity index is 950. The molecule has 1 unspecified atom stereocenters. The van der Waals surface area contributed by atoms with Gasteiger partial charge < -0.3 is 9.84 Å². The molecule has 0 bridgehead atoms. The van der Waals surface area contributed by atoms with E-state index in [4.69, 9.17) is 19.9 Å². The van der Waals surface area contributed by atoms with Crippen LogP contribution in [0.1, 0.15) is 29.7 Å². The van der Waals surface area contributed by atoms with Crippen molar-refractivity contribution in [2.45, 2.75) is 38.7 Å². The number of aliphatic carboxylic acids is 1. The quantitative estimate of drug-likeness (QED) is 0.725. The molecule has 7 nitrogen and oxygen atoms in total. The molecule has 1 atom stereocenters. The Labute approximate surface area is 184 Å². The number of carboxylic acids is 1. The molecular formula is C22H25F3N4O3. The van der Waals surface area contributed by atoms with Gasteiger partial charge in [-0.1, -0.05) is 12.1 Å². The summed E-state index contributed by atoms with van der Waals surface area (Å²) >= 11 is 0. The van der Waals surface area contributed by atoms with Gasteiger partial charge in [-0.25, -0.2) is 4.79 Å². The molecular weight excluding hydrogens is 425 g/mol. The van der Waals surface area contributed by atoms with Gasteiger partial charge in [-0.15, -0.1) is 0 Å². The summed E-state index contributed by atoms with van der Waals surface area (Å²) < 4.78 is 39.8. The first kappa shape index (κ1) is 23.8. The Kier molecular flexibility index (Phi) is 7.88. The first-order chi connectivity index (χ1) is 15.2. The molecule has 1 saturated carbocycles. The highest BCUT2D eigenvalue weighted by Crippen LogP contribution is 2.29. The van der Waals surface area contributed by atoms with E-state index in [0.29, 0.717) is 5.92 Å². The largest absolute Gasteiger partial charge is 0.490 e. The molecule has 2 aromatic rings. The second-order valence-electron chi connectivity index (χ2n) is 8.14. The summed E-state index contributed by atoms with van der Waals surface area (Å²) in [5, 5.41) is 20.7. The number of fused-ring (bicyclic) bond motifs is 1. The van der Waals surface area contributed by atoms with Gasteiger partial charge in [0.05, 0.1) is 23.9 Å². The van der Waals surface area contributed by atoms with Crippen molar-refractivity contribution in [2.24, 2.45) is 11.8 Å². The lowest BCUT2D eigenvalue weighted by atomic mass is 10.1. The molecule has 0 spiro atoms. The van der Waals surface area contributed by atoms with Crippen LogP contribution < -0.4 is 0 Å². The number of nitriles is 1. The maximum absolute atomic E-state index is 10.6. The van der Waals surface area contributed by atoms with Crippen molar-refractivity contribution < 1.29 is 27.8 Å². The molecule has 0 amide bonds. The highest BCUT2D eigenvalue weighted by atomic mass is 19.4. The number of halogens is 3. The second kappa shape index (κ2) is 10.6. The molecule has 172 valence electrons. The summed E-state index contributed by atoms with van der Waals surface area (Å²) in [6.07, 6.45) is -0.540. The lowest BCUT2D eigenvalue weighted by Gasteiger charge is -2.24. The zero-order chi connectivity index (χ0) is 23.1. The zero-order valence-corrected chi connectivity index (χ0v) is 17.5. The zero-order valence-electron chi connectivity index (χ0n) is 17.5. The summed E-state index contributed by atoms with van der Waals surface area (Å²) in [5.41, 5.74) is 3.16. The van der Waals surface area contributed by atoms with Crippen LogP contribution in [0.15, 0.2) is 36.5 Å². The Morgan fingerprint density at radius 1 is 1.22 bits per heavy atom. The number of carbonyl (C=O) groups is 1. The number of ether oxygens (including phenoxy) is 1. The van der Waals surface area contributed by atoms with Gasteiger partial charge in [-0.05, 0) is 42.5 Å². The number of alkyl halides is 3. The third-order valence-electron chi connectivity index (χ3n) is 5.25. The molecule has 4 rings (SSSR count). The van der Waals surface area contributed by atoms with Crippen LogP contribution in [0.2, 0.25) is 0 Å². The average molecular weight is 450 g/mol. The van der Waals surface area contributed by atoms with E-state index in [9.17, 15) is 13.2 Å². The number of hydrogen-bond donors (Lipinski definition) is 1. The average Bonchev–Trinajstić information content (AvgIpc) is 3.49. The lowest BCUT2D eigenvalue weighted by Crippen LogP contribution is -2.30. The van der Waals surface area contributed by atoms with Gasteiger partial charge >= 0.3 is 12.1 Å². The first-order valence-corrected chi connectivity index (χ1v) is 10.3. The second-order valence-corrected chi connectivity index (χ2v) is 8.14. The van der Waals surface area contributed by atoms with E-state index < -0.39 is 12.1 Å². The fraction of sp³-hybridized carbons (Fsp3) is 0.500. The van der Waals surface area contributed by atoms with Crippen LogP contribution in [0.3, 0.4) is 0 Å². The van der Waals surface area contributed by atoms with Crippen LogP contribution in [0.5, 0.6) is 0 Å². The Hall–Kier alpha value is -2.90. The minimum Gasteiger partial charge on any atom is -0.475 e. The lowest BCUT2D eigenvalue weighted by molar-refractivity contribution is -0.192. The van der Waals surface area contributed by atoms with E-state index >= 15 is 0 Å². The smallest absolute Gasteiger partial charge is 0.475 e. The first-order valence-electron chi connectivity index (χ1n) is 10.3. The van der Waals surface area contributed by atoms with Crippen molar-refractivity contribution in [3.8, 4) is 6.07 Å². The molecule has 1 aromatic carbocycles. The van der Waals surface area contributed by atoms with Crippen LogP contribution in [0.4, 0.5) is 13.2 Å². The van der Waals surface area contributed by atoms with Gasteiger partial charge in [-0.2, -0.15) is 23.5 Å². The van der Waals surface area contributed by atoms with Gasteiger partial charge in [-0.3, -0.25) is 9.58 Å². The minimum atomic E-state index is -5.08. The van der Waals surface area contributed by atoms with E-state index in [0.717, 1.165) is 50.9 Å². The number of benzene rings is 1. The number of nitrogens with zero attached hydrogens (tertiary/aromatic N) is 4. The molecule has 1 fully saturated rings. The van der Waals surface area contributed by atoms with Crippen LogP contribution in [-0.4, -0.2) is 51.7 Å². The van der Waals surface area contributed by atoms with E-state index in [1.165, 1.54) is 24.1 Å². The minimum absolute atomic E-state index is 0.444. The van der Waals surface area contributed by atoms with E-state index in [1.54, 1.807) is 0 Å². The normalized spacial score (nSPS) is 18.6. The van der Waals surface area contributed by atoms with E-state index in [2.05, 4.69) is 32.9 Å². The van der Waals surface area contributed by atoms with Gasteiger partial charge in [0.2, 0.25) is 0 Å². The van der Waals surface area contributed by atoms with Crippen LogP contribution in [0, 0.1) is 23.2 Å². The third kappa shape index (κ3) is 7.35. The van der Waals surface area contributed by atoms with Crippen molar-refractivity contribution in [3.05, 3.63) is 53.3 Å². The molecule has 2 heterocycles. The summed E-state index contributed by atoms with van der Waals surface area (Å²) in [6, 6.07) is 12.2. The van der Waals surface area contributed by atoms with Crippen molar-refractivity contribution >= 4 is 5.97 Å². The van der Waals surface area contributed by atoms with E-state index in [1.807, 2.05) is 24.4 Å². The van der Waals surface area contributed by atoms with E-state index in [-0.39, 0.29) is 0 Å². The Balaban J connectivity index is 0.000000360. The van der Waals surface area contributed by atoms with Crippen molar-refractivity contribution in [1.82, 2.24) is 14.7 Å². The predicted molar refractivity (Wildman–Crippen MR) is 108 cm³/mol. The topological polar surface area (TPSA) is 91.4 Å². The van der Waals surface area contributed by atoms with Gasteiger partial charge in [0.1, 0.15) is 0 Å². The van der Waals surface area contributed by atoms with Gasteiger partial charge in [0.15, 0.2) is 0 Å². The number of hydrogen-bond acceptors (Lipinski definition) is 5. The molecule has 2 aliphatic rings. The molecule has 1 aromatic heterocycles. The fourth-order valence-corrected chi connectivity index (χ4v) is 3.53. The Morgan fingerprint density at radius 3 is 2.59 bits per heavy atom. The molecule has 10 heteroatoms. The third-order valence-corrected chi connectivity index (χ3v) is 5.25. The van der Waals surface area contributed by atoms with Crippen LogP contribution in [-0.2, 0) is 29.2 Å². The molecule has 0 radical (unpaired) electrons. The van der Waals surface area contributed by atoms with Crippen LogP contribution in [0.25, 0.3) is 0 Å². The standard InChI is InChI=1S/C20H24N4O.C2HF3O2/c21-9-17-2-1-3-18(8-17)10-23-11-19(15-25-14-16-4-5-16)12-24-20(13-23)6-7-22-24;3-2(4,5)1(6)7/h1-3,6-8,16,19H,4-5,10-15H2;(H,6,7). The molecule has 32 heavy (non-hydrogen) atoms. The summed E-state index contributed by atoms with van der Waals surface area (Å²) in [6.45, 7) is 5.35. The highest BCUT2D eigenvalue weighted by molar-refractivity contribution is 5.73. The Morgan fingerprint density at radius 2 is 1.94 bits per heavy atom. The number of carboxylic acid groups (broad SMARTS) is 1. The molecule has 1 N–H and O–H groups in total. The number of aromatic nitrogens is 2. The van der Waals surface area contributed by atoms with Crippen molar-refractivity contribution in [1.29, 1.82) is 5.26 Å². The van der Waals surface area contributed by atoms with Gasteiger partial charge in [0.25, 0.3) is 0 Å². The maximum atomic E-state index is 10.6. The summed E-state index contributed by atoms with van der Waals surface area (Å²) in [7, 11) is 0.